The Bertz CT molecular complexity index is 1070. The Kier molecular flexibility index (Phi) is 7.21. The van der Waals surface area contributed by atoms with Gasteiger partial charge in [0.25, 0.3) is 5.91 Å². The molecule has 1 aliphatic rings. The molecule has 2 aromatic rings. The topological polar surface area (TPSA) is 74.1 Å². The second kappa shape index (κ2) is 9.71. The van der Waals surface area contributed by atoms with Crippen molar-refractivity contribution in [1.29, 1.82) is 0 Å². The summed E-state index contributed by atoms with van der Waals surface area (Å²) in [5.41, 5.74) is 0.318. The summed E-state index contributed by atoms with van der Waals surface area (Å²) in [7, 11) is 3.85. The summed E-state index contributed by atoms with van der Waals surface area (Å²) >= 11 is 6.15. The monoisotopic (exact) mass is 460 g/mol. The van der Waals surface area contributed by atoms with Crippen LogP contribution in [0.15, 0.2) is 48.0 Å². The first kappa shape index (κ1) is 23.8. The average Bonchev–Trinajstić information content (AvgIpc) is 2.97. The van der Waals surface area contributed by atoms with Crippen LogP contribution in [0.25, 0.3) is 5.76 Å². The molecule has 1 aliphatic heterocycles. The Balaban J connectivity index is 2.12. The van der Waals surface area contributed by atoms with Crippen molar-refractivity contribution in [3.63, 3.8) is 0 Å². The minimum absolute atomic E-state index is 0.0114. The van der Waals surface area contributed by atoms with Crippen LogP contribution in [0.1, 0.15) is 31.0 Å². The van der Waals surface area contributed by atoms with Gasteiger partial charge in [0.15, 0.2) is 11.6 Å². The normalized spacial score (nSPS) is 18.1. The number of amides is 1. The summed E-state index contributed by atoms with van der Waals surface area (Å²) in [5.74, 6) is -3.02. The molecule has 1 unspecified atom stereocenters. The van der Waals surface area contributed by atoms with E-state index in [1.807, 2.05) is 14.1 Å². The molecule has 0 bridgehead atoms. The van der Waals surface area contributed by atoms with Crippen LogP contribution in [0.3, 0.4) is 0 Å². The van der Waals surface area contributed by atoms with E-state index in [1.54, 1.807) is 38.1 Å². The summed E-state index contributed by atoms with van der Waals surface area (Å²) in [6.45, 7) is 4.37. The lowest BCUT2D eigenvalue weighted by Gasteiger charge is -2.28. The minimum atomic E-state index is -0.893. The Labute approximate surface area is 191 Å². The summed E-state index contributed by atoms with van der Waals surface area (Å²) in [6.07, 6.45) is -0.242. The fourth-order valence-electron chi connectivity index (χ4n) is 3.62. The predicted octanol–water partition coefficient (Wildman–Crippen LogP) is 1.63. The van der Waals surface area contributed by atoms with Crippen LogP contribution in [-0.4, -0.2) is 49.9 Å². The highest BCUT2D eigenvalue weighted by Gasteiger charge is 2.44. The van der Waals surface area contributed by atoms with E-state index >= 15 is 0 Å². The Morgan fingerprint density at radius 3 is 2.53 bits per heavy atom. The summed E-state index contributed by atoms with van der Waals surface area (Å²) in [5, 5.41) is 13.8. The zero-order valence-electron chi connectivity index (χ0n) is 18.4. The fraction of sp³-hybridized carbons (Fsp3) is 0.333. The average molecular weight is 461 g/mol. The quantitative estimate of drug-likeness (QED) is 0.387. The van der Waals surface area contributed by atoms with Crippen LogP contribution in [0.2, 0.25) is 5.02 Å². The van der Waals surface area contributed by atoms with Crippen molar-refractivity contribution in [2.45, 2.75) is 26.0 Å². The standard InChI is InChI=1S/C24H26ClFN2O4/c1-14(2)32-19-9-8-16(13-18(19)26)22(29)20-21(15-6-5-7-17(25)12-15)28(11-10-27(3)4)24(31)23(20)30/h5-9,12-14,21,29H,10-11H2,1-4H3. The Morgan fingerprint density at radius 2 is 1.94 bits per heavy atom. The van der Waals surface area contributed by atoms with Gasteiger partial charge < -0.3 is 19.6 Å². The SMILES string of the molecule is CC(C)Oc1ccc(C([O-])=C2C(=O)C(=O)N(CC[NH+](C)C)C2c2cccc(Cl)c2)cc1F. The number of halogens is 2. The van der Waals surface area contributed by atoms with Gasteiger partial charge in [0.1, 0.15) is 0 Å². The number of likely N-dealkylation sites (N-methyl/N-ethyl adjacent to an activating group) is 1. The molecule has 0 spiro atoms. The van der Waals surface area contributed by atoms with Crippen molar-refractivity contribution < 1.29 is 28.7 Å². The molecule has 8 heteroatoms. The first-order chi connectivity index (χ1) is 15.1. The van der Waals surface area contributed by atoms with E-state index < -0.39 is 29.3 Å². The number of nitrogens with zero attached hydrogens (tertiary/aromatic N) is 1. The molecule has 32 heavy (non-hydrogen) atoms. The van der Waals surface area contributed by atoms with Gasteiger partial charge in [-0.2, -0.15) is 0 Å². The van der Waals surface area contributed by atoms with Gasteiger partial charge in [-0.15, -0.1) is 0 Å². The smallest absolute Gasteiger partial charge is 0.295 e. The van der Waals surface area contributed by atoms with E-state index in [2.05, 4.69) is 0 Å². The molecule has 6 nitrogen and oxygen atoms in total. The second-order valence-corrected chi connectivity index (χ2v) is 8.73. The zero-order chi connectivity index (χ0) is 23.6. The number of carbonyl (C=O) groups excluding carboxylic acids is 2. The first-order valence-corrected chi connectivity index (χ1v) is 10.8. The van der Waals surface area contributed by atoms with Crippen LogP contribution in [-0.2, 0) is 9.59 Å². The number of ketones is 1. The van der Waals surface area contributed by atoms with Crippen LogP contribution in [0, 0.1) is 5.82 Å². The molecule has 170 valence electrons. The summed E-state index contributed by atoms with van der Waals surface area (Å²) in [6, 6.07) is 9.60. The van der Waals surface area contributed by atoms with E-state index in [1.165, 1.54) is 17.0 Å². The summed E-state index contributed by atoms with van der Waals surface area (Å²) < 4.78 is 19.9. The lowest BCUT2D eigenvalue weighted by molar-refractivity contribution is -0.857. The maximum Gasteiger partial charge on any atom is 0.295 e. The second-order valence-electron chi connectivity index (χ2n) is 8.30. The van der Waals surface area contributed by atoms with Gasteiger partial charge in [0.2, 0.25) is 5.78 Å². The summed E-state index contributed by atoms with van der Waals surface area (Å²) in [4.78, 5) is 28.2. The van der Waals surface area contributed by atoms with E-state index in [-0.39, 0.29) is 29.5 Å². The number of quaternary nitrogens is 1. The fourth-order valence-corrected chi connectivity index (χ4v) is 3.81. The molecule has 1 saturated heterocycles. The molecule has 1 atom stereocenters. The van der Waals surface area contributed by atoms with Crippen molar-refractivity contribution >= 4 is 29.1 Å². The van der Waals surface area contributed by atoms with Crippen molar-refractivity contribution in [2.75, 3.05) is 27.2 Å². The number of hydrogen-bond acceptors (Lipinski definition) is 4. The molecule has 0 radical (unpaired) electrons. The molecule has 0 aliphatic carbocycles. The number of rotatable bonds is 7. The number of benzene rings is 2. The first-order valence-electron chi connectivity index (χ1n) is 10.4. The molecule has 3 rings (SSSR count). The number of carbonyl (C=O) groups is 2. The van der Waals surface area contributed by atoms with Crippen LogP contribution in [0.4, 0.5) is 4.39 Å². The molecular weight excluding hydrogens is 435 g/mol. The molecule has 0 saturated carbocycles. The molecule has 2 aromatic carbocycles. The zero-order valence-corrected chi connectivity index (χ0v) is 19.2. The predicted molar refractivity (Wildman–Crippen MR) is 118 cm³/mol. The molecular formula is C24H26ClFN2O4. The largest absolute Gasteiger partial charge is 0.872 e. The molecule has 1 amide bonds. The molecule has 0 aromatic heterocycles. The molecule has 1 fully saturated rings. The van der Waals surface area contributed by atoms with Gasteiger partial charge in [-0.1, -0.05) is 35.6 Å². The lowest BCUT2D eigenvalue weighted by Crippen LogP contribution is -3.06. The third kappa shape index (κ3) is 4.95. The van der Waals surface area contributed by atoms with Crippen LogP contribution in [0.5, 0.6) is 5.75 Å². The molecule has 1 heterocycles. The number of Topliss-reactive ketones (excluding diaryl/α,β-unsaturated/α-hetero) is 1. The maximum atomic E-state index is 14.5. The highest BCUT2D eigenvalue weighted by atomic mass is 35.5. The van der Waals surface area contributed by atoms with E-state index in [0.717, 1.165) is 11.0 Å². The van der Waals surface area contributed by atoms with Crippen LogP contribution >= 0.6 is 11.6 Å². The van der Waals surface area contributed by atoms with Crippen LogP contribution < -0.4 is 14.7 Å². The van der Waals surface area contributed by atoms with Gasteiger partial charge in [0.05, 0.1) is 39.3 Å². The Hall–Kier alpha value is -2.90. The van der Waals surface area contributed by atoms with Gasteiger partial charge in [-0.25, -0.2) is 4.39 Å². The lowest BCUT2D eigenvalue weighted by atomic mass is 9.95. The maximum absolute atomic E-state index is 14.5. The van der Waals surface area contributed by atoms with E-state index in [0.29, 0.717) is 17.1 Å². The van der Waals surface area contributed by atoms with Gasteiger partial charge in [-0.05, 0) is 49.2 Å². The van der Waals surface area contributed by atoms with Crippen molar-refractivity contribution in [3.05, 3.63) is 70.0 Å². The van der Waals surface area contributed by atoms with Crippen molar-refractivity contribution in [2.24, 2.45) is 0 Å². The van der Waals surface area contributed by atoms with Gasteiger partial charge in [-0.3, -0.25) is 9.59 Å². The third-order valence-electron chi connectivity index (χ3n) is 5.10. The highest BCUT2D eigenvalue weighted by molar-refractivity contribution is 6.46. The molecule has 1 N–H and O–H groups in total. The number of likely N-dealkylation sites (tertiary alicyclic amines) is 1. The van der Waals surface area contributed by atoms with Crippen molar-refractivity contribution in [3.8, 4) is 5.75 Å². The third-order valence-corrected chi connectivity index (χ3v) is 5.34. The van der Waals surface area contributed by atoms with E-state index in [9.17, 15) is 19.1 Å². The van der Waals surface area contributed by atoms with Crippen molar-refractivity contribution in [1.82, 2.24) is 4.90 Å². The minimum Gasteiger partial charge on any atom is -0.872 e. The number of ether oxygens (including phenoxy) is 1. The number of nitrogens with one attached hydrogen (secondary N) is 1. The van der Waals surface area contributed by atoms with Gasteiger partial charge in [0, 0.05) is 10.6 Å². The Morgan fingerprint density at radius 1 is 1.22 bits per heavy atom. The highest BCUT2D eigenvalue weighted by Crippen LogP contribution is 2.39. The van der Waals surface area contributed by atoms with Gasteiger partial charge >= 0.3 is 0 Å². The van der Waals surface area contributed by atoms with E-state index in [4.69, 9.17) is 16.3 Å². The number of hydrogen-bond donors (Lipinski definition) is 1.